The van der Waals surface area contributed by atoms with E-state index in [9.17, 15) is 9.18 Å². The summed E-state index contributed by atoms with van der Waals surface area (Å²) in [6.45, 7) is 1.64. The van der Waals surface area contributed by atoms with Crippen LogP contribution in [0.4, 0.5) is 4.39 Å². The van der Waals surface area contributed by atoms with Gasteiger partial charge in [-0.1, -0.05) is 12.1 Å². The Morgan fingerprint density at radius 1 is 1.44 bits per heavy atom. The predicted octanol–water partition coefficient (Wildman–Crippen LogP) is 1.83. The molecular formula is C13H15ClFNO2. The highest BCUT2D eigenvalue weighted by molar-refractivity contribution is 6.18. The zero-order chi connectivity index (χ0) is 13.0. The number of hydrogen-bond donors (Lipinski definition) is 0. The minimum absolute atomic E-state index is 0.0278. The van der Waals surface area contributed by atoms with Crippen molar-refractivity contribution in [2.45, 2.75) is 12.5 Å². The van der Waals surface area contributed by atoms with Crippen LogP contribution < -0.4 is 0 Å². The Balaban J connectivity index is 1.93. The molecular weight excluding hydrogens is 257 g/mol. The van der Waals surface area contributed by atoms with E-state index in [0.29, 0.717) is 25.6 Å². The van der Waals surface area contributed by atoms with Crippen LogP contribution in [0.15, 0.2) is 24.3 Å². The molecule has 1 fully saturated rings. The van der Waals surface area contributed by atoms with Gasteiger partial charge in [-0.25, -0.2) is 4.39 Å². The van der Waals surface area contributed by atoms with E-state index < -0.39 is 0 Å². The number of halogens is 2. The lowest BCUT2D eigenvalue weighted by Crippen LogP contribution is -2.46. The number of carbonyl (C=O) groups excluding carboxylic acids is 1. The molecule has 1 amide bonds. The van der Waals surface area contributed by atoms with Crippen LogP contribution in [0.3, 0.4) is 0 Å². The summed E-state index contributed by atoms with van der Waals surface area (Å²) in [7, 11) is 0. The number of nitrogens with zero attached hydrogens (tertiary/aromatic N) is 1. The van der Waals surface area contributed by atoms with Gasteiger partial charge in [-0.2, -0.15) is 0 Å². The highest BCUT2D eigenvalue weighted by Gasteiger charge is 2.23. The molecule has 1 aliphatic heterocycles. The quantitative estimate of drug-likeness (QED) is 0.785. The van der Waals surface area contributed by atoms with Crippen molar-refractivity contribution in [1.82, 2.24) is 4.90 Å². The summed E-state index contributed by atoms with van der Waals surface area (Å²) in [5.74, 6) is 0.125. The summed E-state index contributed by atoms with van der Waals surface area (Å²) in [5.41, 5.74) is 0.815. The van der Waals surface area contributed by atoms with Crippen molar-refractivity contribution in [1.29, 1.82) is 0 Å². The molecule has 98 valence electrons. The third-order valence-electron chi connectivity index (χ3n) is 2.93. The van der Waals surface area contributed by atoms with Gasteiger partial charge in [-0.15, -0.1) is 11.6 Å². The van der Waals surface area contributed by atoms with E-state index in [2.05, 4.69) is 0 Å². The van der Waals surface area contributed by atoms with Gasteiger partial charge in [0.1, 0.15) is 5.82 Å². The highest BCUT2D eigenvalue weighted by Crippen LogP contribution is 2.10. The lowest BCUT2D eigenvalue weighted by atomic mass is 10.1. The van der Waals surface area contributed by atoms with E-state index in [1.54, 1.807) is 17.0 Å². The Kier molecular flexibility index (Phi) is 4.55. The lowest BCUT2D eigenvalue weighted by molar-refractivity contribution is -0.137. The number of morpholine rings is 1. The summed E-state index contributed by atoms with van der Waals surface area (Å²) in [6, 6.07) is 5.99. The Hall–Kier alpha value is -1.13. The third kappa shape index (κ3) is 3.43. The van der Waals surface area contributed by atoms with E-state index in [-0.39, 0.29) is 24.2 Å². The molecule has 1 unspecified atom stereocenters. The number of benzene rings is 1. The molecule has 0 spiro atoms. The molecule has 1 atom stereocenters. The monoisotopic (exact) mass is 271 g/mol. The summed E-state index contributed by atoms with van der Waals surface area (Å²) >= 11 is 5.72. The van der Waals surface area contributed by atoms with Crippen molar-refractivity contribution in [2.24, 2.45) is 0 Å². The van der Waals surface area contributed by atoms with Gasteiger partial charge < -0.3 is 9.64 Å². The van der Waals surface area contributed by atoms with Gasteiger partial charge >= 0.3 is 0 Å². The Bertz CT molecular complexity index is 410. The second kappa shape index (κ2) is 6.16. The fraction of sp³-hybridized carbons (Fsp3) is 0.462. The molecule has 0 radical (unpaired) electrons. The van der Waals surface area contributed by atoms with Crippen LogP contribution >= 0.6 is 11.6 Å². The van der Waals surface area contributed by atoms with Crippen molar-refractivity contribution in [3.05, 3.63) is 35.6 Å². The van der Waals surface area contributed by atoms with Gasteiger partial charge in [0, 0.05) is 13.1 Å². The first kappa shape index (κ1) is 13.3. The highest BCUT2D eigenvalue weighted by atomic mass is 35.5. The van der Waals surface area contributed by atoms with Gasteiger partial charge in [0.25, 0.3) is 0 Å². The largest absolute Gasteiger partial charge is 0.373 e. The van der Waals surface area contributed by atoms with Crippen LogP contribution in [0.2, 0.25) is 0 Å². The van der Waals surface area contributed by atoms with Gasteiger partial charge in [0.15, 0.2) is 0 Å². The van der Waals surface area contributed by atoms with Crippen molar-refractivity contribution < 1.29 is 13.9 Å². The topological polar surface area (TPSA) is 29.5 Å². The van der Waals surface area contributed by atoms with Gasteiger partial charge in [-0.05, 0) is 17.7 Å². The molecule has 0 bridgehead atoms. The SMILES string of the molecule is O=C(Cc1ccc(F)cc1)N1CCOC(CCl)C1. The van der Waals surface area contributed by atoms with Gasteiger partial charge in [0.2, 0.25) is 5.91 Å². The Labute approximate surface area is 110 Å². The number of hydrogen-bond acceptors (Lipinski definition) is 2. The van der Waals surface area contributed by atoms with Crippen LogP contribution in [-0.2, 0) is 16.0 Å². The zero-order valence-electron chi connectivity index (χ0n) is 9.94. The van der Waals surface area contributed by atoms with Crippen molar-refractivity contribution in [2.75, 3.05) is 25.6 Å². The predicted molar refractivity (Wildman–Crippen MR) is 67.1 cm³/mol. The molecule has 5 heteroatoms. The number of amides is 1. The fourth-order valence-corrected chi connectivity index (χ4v) is 2.11. The van der Waals surface area contributed by atoms with Crippen LogP contribution in [-0.4, -0.2) is 42.5 Å². The molecule has 0 aliphatic carbocycles. The second-order valence-corrected chi connectivity index (χ2v) is 4.60. The molecule has 1 saturated heterocycles. The molecule has 0 saturated carbocycles. The molecule has 0 aromatic heterocycles. The third-order valence-corrected chi connectivity index (χ3v) is 3.28. The summed E-state index contributed by atoms with van der Waals surface area (Å²) < 4.78 is 18.1. The van der Waals surface area contributed by atoms with Crippen LogP contribution in [0.1, 0.15) is 5.56 Å². The summed E-state index contributed by atoms with van der Waals surface area (Å²) in [4.78, 5) is 13.8. The summed E-state index contributed by atoms with van der Waals surface area (Å²) in [6.07, 6.45) is 0.201. The fourth-order valence-electron chi connectivity index (χ4n) is 1.93. The molecule has 0 N–H and O–H groups in total. The van der Waals surface area contributed by atoms with Crippen LogP contribution in [0.5, 0.6) is 0 Å². The molecule has 18 heavy (non-hydrogen) atoms. The smallest absolute Gasteiger partial charge is 0.227 e. The van der Waals surface area contributed by atoms with Crippen molar-refractivity contribution >= 4 is 17.5 Å². The molecule has 1 heterocycles. The van der Waals surface area contributed by atoms with Crippen molar-refractivity contribution in [3.63, 3.8) is 0 Å². The maximum Gasteiger partial charge on any atom is 0.227 e. The number of rotatable bonds is 3. The molecule has 1 aromatic rings. The number of carbonyl (C=O) groups is 1. The standard InChI is InChI=1S/C13H15ClFNO2/c14-8-12-9-16(5-6-18-12)13(17)7-10-1-3-11(15)4-2-10/h1-4,12H,5-9H2. The van der Waals surface area contributed by atoms with Crippen LogP contribution in [0.25, 0.3) is 0 Å². The Morgan fingerprint density at radius 3 is 2.83 bits per heavy atom. The molecule has 1 aromatic carbocycles. The number of ether oxygens (including phenoxy) is 1. The lowest BCUT2D eigenvalue weighted by Gasteiger charge is -2.32. The minimum atomic E-state index is -0.292. The van der Waals surface area contributed by atoms with Gasteiger partial charge in [0.05, 0.1) is 25.0 Å². The van der Waals surface area contributed by atoms with E-state index in [4.69, 9.17) is 16.3 Å². The maximum absolute atomic E-state index is 12.7. The molecule has 2 rings (SSSR count). The average Bonchev–Trinajstić information content (AvgIpc) is 2.41. The summed E-state index contributed by atoms with van der Waals surface area (Å²) in [5, 5.41) is 0. The maximum atomic E-state index is 12.7. The average molecular weight is 272 g/mol. The van der Waals surface area contributed by atoms with Gasteiger partial charge in [-0.3, -0.25) is 4.79 Å². The first-order chi connectivity index (χ1) is 8.69. The van der Waals surface area contributed by atoms with E-state index in [0.717, 1.165) is 5.56 Å². The zero-order valence-corrected chi connectivity index (χ0v) is 10.7. The minimum Gasteiger partial charge on any atom is -0.373 e. The Morgan fingerprint density at radius 2 is 2.17 bits per heavy atom. The van der Waals surface area contributed by atoms with E-state index in [1.165, 1.54) is 12.1 Å². The first-order valence-electron chi connectivity index (χ1n) is 5.89. The van der Waals surface area contributed by atoms with E-state index in [1.807, 2.05) is 0 Å². The van der Waals surface area contributed by atoms with E-state index >= 15 is 0 Å². The second-order valence-electron chi connectivity index (χ2n) is 4.29. The van der Waals surface area contributed by atoms with Crippen LogP contribution in [0, 0.1) is 5.82 Å². The normalized spacial score (nSPS) is 19.9. The van der Waals surface area contributed by atoms with Crippen molar-refractivity contribution in [3.8, 4) is 0 Å². The first-order valence-corrected chi connectivity index (χ1v) is 6.42. The number of alkyl halides is 1. The molecule has 3 nitrogen and oxygen atoms in total. The molecule has 1 aliphatic rings.